The summed E-state index contributed by atoms with van der Waals surface area (Å²) in [5.74, 6) is -1.17. The van der Waals surface area contributed by atoms with E-state index in [9.17, 15) is 19.7 Å². The van der Waals surface area contributed by atoms with Crippen molar-refractivity contribution < 1.29 is 28.7 Å². The molecule has 1 N–H and O–H groups in total. The number of aromatic amines is 1. The third-order valence-electron chi connectivity index (χ3n) is 4.51. The summed E-state index contributed by atoms with van der Waals surface area (Å²) in [6.07, 6.45) is 0.383. The minimum absolute atomic E-state index is 0.131. The van der Waals surface area contributed by atoms with Gasteiger partial charge in [-0.1, -0.05) is 18.2 Å². The Morgan fingerprint density at radius 3 is 2.57 bits per heavy atom. The molecule has 0 aliphatic heterocycles. The number of esters is 1. The minimum Gasteiger partial charge on any atom is -0.493 e. The number of para-hydroxylation sites is 1. The van der Waals surface area contributed by atoms with E-state index in [0.717, 1.165) is 11.6 Å². The quantitative estimate of drug-likeness (QED) is 0.258. The molecule has 1 atom stereocenters. The third-order valence-corrected chi connectivity index (χ3v) is 4.51. The molecule has 0 aliphatic carbocycles. The fourth-order valence-corrected chi connectivity index (χ4v) is 3.06. The number of carbonyl (C=O) groups excluding carboxylic acids is 2. The van der Waals surface area contributed by atoms with Crippen molar-refractivity contribution in [3.63, 3.8) is 0 Å². The van der Waals surface area contributed by atoms with Crippen LogP contribution in [-0.2, 0) is 4.74 Å². The van der Waals surface area contributed by atoms with Gasteiger partial charge in [-0.3, -0.25) is 14.9 Å². The number of nitro groups is 1. The standard InChI is InChI=1S/C21H20N2O7/c1-4-29-19-10-17(23(26)27)14(9-18(19)28-3)21(25)30-12(2)20(24)15-11-22-16-8-6-5-7-13(15)16/h5-12,22H,4H2,1-3H3/t12-/m1/s1. The van der Waals surface area contributed by atoms with Gasteiger partial charge in [0.25, 0.3) is 5.69 Å². The van der Waals surface area contributed by atoms with Crippen LogP contribution < -0.4 is 9.47 Å². The van der Waals surface area contributed by atoms with E-state index in [0.29, 0.717) is 10.9 Å². The van der Waals surface area contributed by atoms with Crippen molar-refractivity contribution in [1.29, 1.82) is 0 Å². The maximum atomic E-state index is 12.8. The van der Waals surface area contributed by atoms with E-state index in [2.05, 4.69) is 4.98 Å². The molecule has 0 fully saturated rings. The molecule has 0 aliphatic rings. The van der Waals surface area contributed by atoms with Crippen molar-refractivity contribution in [2.75, 3.05) is 13.7 Å². The number of carbonyl (C=O) groups is 2. The van der Waals surface area contributed by atoms with Gasteiger partial charge in [-0.25, -0.2) is 4.79 Å². The first-order chi connectivity index (χ1) is 14.4. The predicted molar refractivity (Wildman–Crippen MR) is 108 cm³/mol. The molecule has 9 heteroatoms. The van der Waals surface area contributed by atoms with Gasteiger partial charge in [0.15, 0.2) is 17.6 Å². The fraction of sp³-hybridized carbons (Fsp3) is 0.238. The molecule has 3 rings (SSSR count). The number of nitrogens with zero attached hydrogens (tertiary/aromatic N) is 1. The Balaban J connectivity index is 1.89. The Labute approximate surface area is 171 Å². The number of benzene rings is 2. The third kappa shape index (κ3) is 3.95. The molecule has 0 amide bonds. The van der Waals surface area contributed by atoms with Gasteiger partial charge in [-0.15, -0.1) is 0 Å². The molecule has 0 spiro atoms. The summed E-state index contributed by atoms with van der Waals surface area (Å²) >= 11 is 0. The maximum absolute atomic E-state index is 12.8. The first-order valence-corrected chi connectivity index (χ1v) is 9.17. The van der Waals surface area contributed by atoms with Crippen molar-refractivity contribution in [3.8, 4) is 11.5 Å². The lowest BCUT2D eigenvalue weighted by Gasteiger charge is -2.14. The Morgan fingerprint density at radius 2 is 1.90 bits per heavy atom. The summed E-state index contributed by atoms with van der Waals surface area (Å²) in [4.78, 5) is 39.2. The van der Waals surface area contributed by atoms with Gasteiger partial charge in [-0.05, 0) is 19.9 Å². The second-order valence-corrected chi connectivity index (χ2v) is 6.37. The first-order valence-electron chi connectivity index (χ1n) is 9.17. The Bertz CT molecular complexity index is 1120. The van der Waals surface area contributed by atoms with Crippen molar-refractivity contribution >= 4 is 28.3 Å². The summed E-state index contributed by atoms with van der Waals surface area (Å²) < 4.78 is 15.7. The maximum Gasteiger partial charge on any atom is 0.346 e. The summed E-state index contributed by atoms with van der Waals surface area (Å²) in [5, 5.41) is 12.2. The molecule has 9 nitrogen and oxygen atoms in total. The molecular weight excluding hydrogens is 392 g/mol. The summed E-state index contributed by atoms with van der Waals surface area (Å²) in [6, 6.07) is 9.49. The van der Waals surface area contributed by atoms with Crippen molar-refractivity contribution in [2.24, 2.45) is 0 Å². The highest BCUT2D eigenvalue weighted by molar-refractivity contribution is 6.10. The zero-order valence-electron chi connectivity index (χ0n) is 16.6. The zero-order chi connectivity index (χ0) is 21.8. The lowest BCUT2D eigenvalue weighted by atomic mass is 10.1. The highest BCUT2D eigenvalue weighted by atomic mass is 16.6. The number of nitrogens with one attached hydrogen (secondary N) is 1. The van der Waals surface area contributed by atoms with Crippen LogP contribution in [0.3, 0.4) is 0 Å². The van der Waals surface area contributed by atoms with Gasteiger partial charge in [0.05, 0.1) is 24.7 Å². The van der Waals surface area contributed by atoms with Crippen molar-refractivity contribution in [2.45, 2.75) is 20.0 Å². The van der Waals surface area contributed by atoms with E-state index in [1.807, 2.05) is 12.1 Å². The molecular formula is C21H20N2O7. The van der Waals surface area contributed by atoms with Crippen LogP contribution in [-0.4, -0.2) is 41.5 Å². The number of Topliss-reactive ketones (excluding diaryl/α,β-unsaturated/α-hetero) is 1. The van der Waals surface area contributed by atoms with Crippen molar-refractivity contribution in [3.05, 3.63) is 63.8 Å². The van der Waals surface area contributed by atoms with Crippen LogP contribution in [0.15, 0.2) is 42.6 Å². The number of ether oxygens (including phenoxy) is 3. The lowest BCUT2D eigenvalue weighted by molar-refractivity contribution is -0.385. The molecule has 0 unspecified atom stereocenters. The van der Waals surface area contributed by atoms with Crippen LogP contribution in [0.4, 0.5) is 5.69 Å². The van der Waals surface area contributed by atoms with E-state index in [1.54, 1.807) is 25.3 Å². The topological polar surface area (TPSA) is 121 Å². The molecule has 1 aromatic heterocycles. The van der Waals surface area contributed by atoms with Crippen LogP contribution in [0.25, 0.3) is 10.9 Å². The van der Waals surface area contributed by atoms with E-state index in [4.69, 9.17) is 14.2 Å². The second kappa shape index (κ2) is 8.64. The number of ketones is 1. The van der Waals surface area contributed by atoms with E-state index in [1.165, 1.54) is 20.1 Å². The van der Waals surface area contributed by atoms with Gasteiger partial charge in [0.1, 0.15) is 5.56 Å². The number of methoxy groups -OCH3 is 1. The van der Waals surface area contributed by atoms with Crippen LogP contribution >= 0.6 is 0 Å². The first kappa shape index (κ1) is 20.8. The number of fused-ring (bicyclic) bond motifs is 1. The van der Waals surface area contributed by atoms with Crippen LogP contribution in [0.2, 0.25) is 0 Å². The van der Waals surface area contributed by atoms with Crippen molar-refractivity contribution in [1.82, 2.24) is 4.98 Å². The molecule has 2 aromatic carbocycles. The van der Waals surface area contributed by atoms with Gasteiger partial charge in [-0.2, -0.15) is 0 Å². The molecule has 1 heterocycles. The zero-order valence-corrected chi connectivity index (χ0v) is 16.6. The fourth-order valence-electron chi connectivity index (χ4n) is 3.06. The second-order valence-electron chi connectivity index (χ2n) is 6.37. The number of H-pyrrole nitrogens is 1. The number of nitro benzene ring substituents is 1. The van der Waals surface area contributed by atoms with Crippen LogP contribution in [0, 0.1) is 10.1 Å². The van der Waals surface area contributed by atoms with Crippen LogP contribution in [0.1, 0.15) is 34.6 Å². The largest absolute Gasteiger partial charge is 0.493 e. The number of hydrogen-bond donors (Lipinski definition) is 1. The van der Waals surface area contributed by atoms with Gasteiger partial charge in [0.2, 0.25) is 5.78 Å². The lowest BCUT2D eigenvalue weighted by Crippen LogP contribution is -2.24. The molecule has 30 heavy (non-hydrogen) atoms. The molecule has 156 valence electrons. The SMILES string of the molecule is CCOc1cc([N+](=O)[O-])c(C(=O)O[C@H](C)C(=O)c2c[nH]c3ccccc23)cc1OC. The molecule has 0 bridgehead atoms. The van der Waals surface area contributed by atoms with E-state index in [-0.39, 0.29) is 23.7 Å². The van der Waals surface area contributed by atoms with Gasteiger partial charge in [0, 0.05) is 28.7 Å². The Kier molecular flexibility index (Phi) is 6.01. The highest BCUT2D eigenvalue weighted by Crippen LogP contribution is 2.35. The molecule has 0 saturated carbocycles. The summed E-state index contributed by atoms with van der Waals surface area (Å²) in [6.45, 7) is 3.39. The average molecular weight is 412 g/mol. The minimum atomic E-state index is -1.16. The summed E-state index contributed by atoms with van der Waals surface area (Å²) in [5.41, 5.74) is 0.297. The number of rotatable bonds is 8. The number of hydrogen-bond acceptors (Lipinski definition) is 7. The Morgan fingerprint density at radius 1 is 1.17 bits per heavy atom. The Hall–Kier alpha value is -3.88. The smallest absolute Gasteiger partial charge is 0.346 e. The van der Waals surface area contributed by atoms with E-state index >= 15 is 0 Å². The molecule has 0 saturated heterocycles. The number of aromatic nitrogens is 1. The molecule has 3 aromatic rings. The highest BCUT2D eigenvalue weighted by Gasteiger charge is 2.29. The van der Waals surface area contributed by atoms with Gasteiger partial charge >= 0.3 is 5.97 Å². The average Bonchev–Trinajstić information content (AvgIpc) is 3.17. The summed E-state index contributed by atoms with van der Waals surface area (Å²) in [7, 11) is 1.35. The van der Waals surface area contributed by atoms with Crippen LogP contribution in [0.5, 0.6) is 11.5 Å². The monoisotopic (exact) mass is 412 g/mol. The predicted octanol–water partition coefficient (Wildman–Crippen LogP) is 3.91. The normalized spacial score (nSPS) is 11.7. The van der Waals surface area contributed by atoms with Gasteiger partial charge < -0.3 is 19.2 Å². The molecule has 0 radical (unpaired) electrons. The van der Waals surface area contributed by atoms with E-state index < -0.39 is 28.5 Å².